The second-order valence-electron chi connectivity index (χ2n) is 5.86. The fourth-order valence-electron chi connectivity index (χ4n) is 3.03. The van der Waals surface area contributed by atoms with Crippen LogP contribution in [0.5, 0.6) is 0 Å². The molecule has 120 valence electrons. The van der Waals surface area contributed by atoms with Crippen LogP contribution in [0.4, 0.5) is 0 Å². The molecule has 0 fully saturated rings. The summed E-state index contributed by atoms with van der Waals surface area (Å²) in [7, 11) is 1.77. The van der Waals surface area contributed by atoms with E-state index in [9.17, 15) is 4.79 Å². The molecule has 0 radical (unpaired) electrons. The van der Waals surface area contributed by atoms with E-state index in [0.29, 0.717) is 16.7 Å². The number of aryl methyl sites for hydroxylation is 2. The Morgan fingerprint density at radius 2 is 1.88 bits per heavy atom. The van der Waals surface area contributed by atoms with Gasteiger partial charge in [0.05, 0.1) is 11.4 Å². The summed E-state index contributed by atoms with van der Waals surface area (Å²) in [5.74, 6) is 0. The van der Waals surface area contributed by atoms with Crippen molar-refractivity contribution in [3.8, 4) is 5.69 Å². The first-order valence-corrected chi connectivity index (χ1v) is 8.00. The predicted molar refractivity (Wildman–Crippen MR) is 93.4 cm³/mol. The van der Waals surface area contributed by atoms with Crippen molar-refractivity contribution in [2.45, 2.75) is 19.8 Å². The molecule has 0 saturated carbocycles. The highest BCUT2D eigenvalue weighted by molar-refractivity contribution is 5.84. The van der Waals surface area contributed by atoms with E-state index in [4.69, 9.17) is 0 Å². The minimum atomic E-state index is -0.201. The molecule has 4 rings (SSSR count). The lowest BCUT2D eigenvalue weighted by Gasteiger charge is -2.05. The van der Waals surface area contributed by atoms with E-state index in [0.717, 1.165) is 29.3 Å². The van der Waals surface area contributed by atoms with E-state index in [1.54, 1.807) is 11.7 Å². The largest absolute Gasteiger partial charge is 0.300 e. The minimum Gasteiger partial charge on any atom is -0.265 e. The van der Waals surface area contributed by atoms with Crippen molar-refractivity contribution in [2.75, 3.05) is 0 Å². The average Bonchev–Trinajstić information content (AvgIpc) is 2.92. The third-order valence-corrected chi connectivity index (χ3v) is 4.19. The number of nitrogens with zero attached hydrogens (tertiary/aromatic N) is 5. The summed E-state index contributed by atoms with van der Waals surface area (Å²) in [6, 6.07) is 13.8. The predicted octanol–water partition coefficient (Wildman–Crippen LogP) is 2.62. The van der Waals surface area contributed by atoms with Crippen LogP contribution in [0.2, 0.25) is 0 Å². The number of fused-ring (bicyclic) bond motifs is 2. The highest BCUT2D eigenvalue weighted by atomic mass is 16.1. The highest BCUT2D eigenvalue weighted by Gasteiger charge is 2.16. The molecule has 0 saturated heterocycles. The maximum Gasteiger partial charge on any atom is 0.300 e. The maximum absolute atomic E-state index is 12.9. The molecule has 6 heteroatoms. The Balaban J connectivity index is 1.94. The highest BCUT2D eigenvalue weighted by Crippen LogP contribution is 2.18. The van der Waals surface area contributed by atoms with Crippen LogP contribution in [0.25, 0.3) is 27.5 Å². The summed E-state index contributed by atoms with van der Waals surface area (Å²) >= 11 is 0. The van der Waals surface area contributed by atoms with Gasteiger partial charge in [-0.3, -0.25) is 9.48 Å². The third kappa shape index (κ3) is 2.19. The molecule has 6 nitrogen and oxygen atoms in total. The van der Waals surface area contributed by atoms with Gasteiger partial charge >= 0.3 is 5.56 Å². The molecule has 24 heavy (non-hydrogen) atoms. The SMILES string of the molecule is CCCc1nn(C)c2c(=O)n(-c3ccc4ccccc4c3)nnc12. The summed E-state index contributed by atoms with van der Waals surface area (Å²) in [6.45, 7) is 2.07. The van der Waals surface area contributed by atoms with Gasteiger partial charge in [0.15, 0.2) is 5.52 Å². The zero-order valence-corrected chi connectivity index (χ0v) is 13.6. The lowest BCUT2D eigenvalue weighted by Crippen LogP contribution is -2.24. The smallest absolute Gasteiger partial charge is 0.265 e. The topological polar surface area (TPSA) is 65.6 Å². The summed E-state index contributed by atoms with van der Waals surface area (Å²) in [5, 5.41) is 15.0. The monoisotopic (exact) mass is 319 g/mol. The molecule has 2 heterocycles. The van der Waals surface area contributed by atoms with Gasteiger partial charge in [-0.1, -0.05) is 48.9 Å². The van der Waals surface area contributed by atoms with Gasteiger partial charge < -0.3 is 0 Å². The van der Waals surface area contributed by atoms with Crippen molar-refractivity contribution >= 4 is 21.8 Å². The number of rotatable bonds is 3. The van der Waals surface area contributed by atoms with Gasteiger partial charge in [0.2, 0.25) is 0 Å². The lowest BCUT2D eigenvalue weighted by atomic mass is 10.1. The standard InChI is InChI=1S/C18H17N5O/c1-3-6-15-16-17(22(2)20-15)18(24)23(21-19-16)14-10-9-12-7-4-5-8-13(12)11-14/h4-5,7-11H,3,6H2,1-2H3. The number of aromatic nitrogens is 5. The molecule has 0 spiro atoms. The zero-order valence-electron chi connectivity index (χ0n) is 13.6. The first-order valence-electron chi connectivity index (χ1n) is 8.00. The van der Waals surface area contributed by atoms with Gasteiger partial charge in [-0.05, 0) is 29.3 Å². The molecule has 0 aliphatic heterocycles. The van der Waals surface area contributed by atoms with E-state index < -0.39 is 0 Å². The minimum absolute atomic E-state index is 0.201. The molecule has 2 aromatic carbocycles. The molecule has 2 aromatic heterocycles. The maximum atomic E-state index is 12.9. The fourth-order valence-corrected chi connectivity index (χ4v) is 3.03. The Morgan fingerprint density at radius 3 is 2.67 bits per heavy atom. The van der Waals surface area contributed by atoms with Gasteiger partial charge in [-0.15, -0.1) is 5.10 Å². The molecule has 0 unspecified atom stereocenters. The second kappa shape index (κ2) is 5.56. The molecule has 0 atom stereocenters. The van der Waals surface area contributed by atoms with Crippen molar-refractivity contribution in [3.05, 3.63) is 58.5 Å². The van der Waals surface area contributed by atoms with E-state index >= 15 is 0 Å². The number of benzene rings is 2. The van der Waals surface area contributed by atoms with Crippen LogP contribution >= 0.6 is 0 Å². The average molecular weight is 319 g/mol. The van der Waals surface area contributed by atoms with Crippen molar-refractivity contribution in [1.29, 1.82) is 0 Å². The fraction of sp³-hybridized carbons (Fsp3) is 0.222. The molecule has 0 aliphatic rings. The first kappa shape index (κ1) is 14.6. The van der Waals surface area contributed by atoms with Crippen molar-refractivity contribution < 1.29 is 0 Å². The number of hydrogen-bond donors (Lipinski definition) is 0. The number of hydrogen-bond acceptors (Lipinski definition) is 4. The molecule has 0 aliphatic carbocycles. The van der Waals surface area contributed by atoms with Gasteiger partial charge in [0.25, 0.3) is 0 Å². The third-order valence-electron chi connectivity index (χ3n) is 4.19. The normalized spacial score (nSPS) is 11.4. The lowest BCUT2D eigenvalue weighted by molar-refractivity contribution is 0.721. The van der Waals surface area contributed by atoms with Crippen LogP contribution < -0.4 is 5.56 Å². The van der Waals surface area contributed by atoms with Crippen LogP contribution in [0.15, 0.2) is 47.3 Å². The summed E-state index contributed by atoms with van der Waals surface area (Å²) in [6.07, 6.45) is 1.73. The van der Waals surface area contributed by atoms with E-state index in [-0.39, 0.29) is 5.56 Å². The summed E-state index contributed by atoms with van der Waals surface area (Å²) in [4.78, 5) is 12.9. The molecule has 0 N–H and O–H groups in total. The molecular weight excluding hydrogens is 302 g/mol. The Hall–Kier alpha value is -3.02. The van der Waals surface area contributed by atoms with Crippen molar-refractivity contribution in [1.82, 2.24) is 24.8 Å². The van der Waals surface area contributed by atoms with Crippen molar-refractivity contribution in [2.24, 2.45) is 7.05 Å². The second-order valence-corrected chi connectivity index (χ2v) is 5.86. The van der Waals surface area contributed by atoms with Gasteiger partial charge in [0.1, 0.15) is 5.52 Å². The summed E-state index contributed by atoms with van der Waals surface area (Å²) in [5.41, 5.74) is 2.41. The van der Waals surface area contributed by atoms with Crippen LogP contribution in [0.3, 0.4) is 0 Å². The van der Waals surface area contributed by atoms with Gasteiger partial charge in [-0.2, -0.15) is 9.78 Å². The molecule has 0 bridgehead atoms. The van der Waals surface area contributed by atoms with Gasteiger partial charge in [0, 0.05) is 7.05 Å². The van der Waals surface area contributed by atoms with Gasteiger partial charge in [-0.25, -0.2) is 0 Å². The molecule has 0 amide bonds. The van der Waals surface area contributed by atoms with Crippen LogP contribution in [0.1, 0.15) is 19.0 Å². The van der Waals surface area contributed by atoms with E-state index in [2.05, 4.69) is 22.3 Å². The molecular formula is C18H17N5O. The quantitative estimate of drug-likeness (QED) is 0.582. The first-order chi connectivity index (χ1) is 11.7. The Morgan fingerprint density at radius 1 is 1.08 bits per heavy atom. The van der Waals surface area contributed by atoms with Crippen LogP contribution in [0, 0.1) is 0 Å². The van der Waals surface area contributed by atoms with E-state index in [1.807, 2.05) is 42.5 Å². The van der Waals surface area contributed by atoms with Crippen LogP contribution in [-0.2, 0) is 13.5 Å². The zero-order chi connectivity index (χ0) is 16.7. The molecule has 4 aromatic rings. The Labute approximate surface area is 138 Å². The Bertz CT molecular complexity index is 1110. The van der Waals surface area contributed by atoms with Crippen molar-refractivity contribution in [3.63, 3.8) is 0 Å². The summed E-state index contributed by atoms with van der Waals surface area (Å²) < 4.78 is 2.95. The Kier molecular flexibility index (Phi) is 3.37. The van der Waals surface area contributed by atoms with Crippen LogP contribution in [-0.4, -0.2) is 24.8 Å². The van der Waals surface area contributed by atoms with E-state index in [1.165, 1.54) is 4.68 Å².